The molecule has 1 aromatic rings. The summed E-state index contributed by atoms with van der Waals surface area (Å²) in [5.74, 6) is -0.313. The van der Waals surface area contributed by atoms with Crippen LogP contribution in [0.25, 0.3) is 0 Å². The Morgan fingerprint density at radius 1 is 1.29 bits per heavy atom. The van der Waals surface area contributed by atoms with Crippen molar-refractivity contribution in [2.45, 2.75) is 45.4 Å². The maximum absolute atomic E-state index is 14.4. The van der Waals surface area contributed by atoms with Crippen molar-refractivity contribution in [2.24, 2.45) is 5.73 Å². The lowest BCUT2D eigenvalue weighted by Gasteiger charge is -2.47. The van der Waals surface area contributed by atoms with E-state index in [1.807, 2.05) is 0 Å². The second-order valence-corrected chi connectivity index (χ2v) is 7.35. The highest BCUT2D eigenvalue weighted by Crippen LogP contribution is 2.29. The van der Waals surface area contributed by atoms with Crippen molar-refractivity contribution in [1.82, 2.24) is 4.90 Å². The lowest BCUT2D eigenvalue weighted by Crippen LogP contribution is -2.56. The maximum atomic E-state index is 14.4. The molecule has 0 atom stereocenters. The number of rotatable bonds is 3. The number of nitrogens with two attached hydrogens (primary N) is 1. The van der Waals surface area contributed by atoms with Crippen molar-refractivity contribution >= 4 is 17.2 Å². The van der Waals surface area contributed by atoms with E-state index in [-0.39, 0.29) is 22.0 Å². The minimum atomic E-state index is -0.313. The van der Waals surface area contributed by atoms with Crippen molar-refractivity contribution < 1.29 is 9.13 Å². The first kappa shape index (κ1) is 16.3. The quantitative estimate of drug-likeness (QED) is 0.871. The molecule has 1 heterocycles. The molecule has 1 fully saturated rings. The fraction of sp³-hybridized carbons (Fsp3) is 0.562. The molecule has 0 amide bonds. The molecular weight excluding hydrogens is 287 g/mol. The van der Waals surface area contributed by atoms with Gasteiger partial charge in [0.2, 0.25) is 0 Å². The van der Waals surface area contributed by atoms with Gasteiger partial charge in [-0.3, -0.25) is 4.90 Å². The zero-order chi connectivity index (χ0) is 15.8. The van der Waals surface area contributed by atoms with E-state index in [0.717, 1.165) is 13.1 Å². The van der Waals surface area contributed by atoms with Gasteiger partial charge in [0.05, 0.1) is 11.2 Å². The van der Waals surface area contributed by atoms with Crippen LogP contribution in [0.3, 0.4) is 0 Å². The smallest absolute Gasteiger partial charge is 0.137 e. The fourth-order valence-corrected chi connectivity index (χ4v) is 3.35. The highest BCUT2D eigenvalue weighted by molar-refractivity contribution is 7.80. The topological polar surface area (TPSA) is 38.5 Å². The van der Waals surface area contributed by atoms with Gasteiger partial charge >= 0.3 is 0 Å². The Morgan fingerprint density at radius 2 is 1.86 bits per heavy atom. The molecule has 1 aromatic carbocycles. The van der Waals surface area contributed by atoms with E-state index in [4.69, 9.17) is 22.7 Å². The normalized spacial score (nSPS) is 21.2. The maximum Gasteiger partial charge on any atom is 0.137 e. The Bertz CT molecular complexity index is 541. The van der Waals surface area contributed by atoms with E-state index < -0.39 is 0 Å². The molecule has 2 N–H and O–H groups in total. The predicted octanol–water partition coefficient (Wildman–Crippen LogP) is 2.85. The molecule has 1 aliphatic heterocycles. The lowest BCUT2D eigenvalue weighted by molar-refractivity contribution is -0.182. The first-order chi connectivity index (χ1) is 9.60. The molecule has 5 heteroatoms. The van der Waals surface area contributed by atoms with E-state index in [0.29, 0.717) is 17.7 Å². The third-order valence-corrected chi connectivity index (χ3v) is 3.72. The number of ether oxygens (including phenoxy) is 1. The first-order valence-corrected chi connectivity index (χ1v) is 7.50. The van der Waals surface area contributed by atoms with Crippen LogP contribution in [0.4, 0.5) is 4.39 Å². The minimum Gasteiger partial charge on any atom is -0.389 e. The molecule has 0 saturated carbocycles. The SMILES string of the molecule is CC1(C)CN(Cc2cccc(C(N)=S)c2F)CC(C)(C)O1. The van der Waals surface area contributed by atoms with Crippen LogP contribution in [0.1, 0.15) is 38.8 Å². The van der Waals surface area contributed by atoms with Gasteiger partial charge in [0.1, 0.15) is 10.8 Å². The number of nitrogens with zero attached hydrogens (tertiary/aromatic N) is 1. The van der Waals surface area contributed by atoms with Gasteiger partial charge in [-0.1, -0.05) is 24.4 Å². The molecule has 21 heavy (non-hydrogen) atoms. The number of benzene rings is 1. The van der Waals surface area contributed by atoms with E-state index in [2.05, 4.69) is 32.6 Å². The lowest BCUT2D eigenvalue weighted by atomic mass is 9.98. The summed E-state index contributed by atoms with van der Waals surface area (Å²) in [6.45, 7) is 10.3. The molecule has 116 valence electrons. The highest BCUT2D eigenvalue weighted by atomic mass is 32.1. The Hall–Kier alpha value is -1.04. The molecule has 0 radical (unpaired) electrons. The van der Waals surface area contributed by atoms with Gasteiger partial charge < -0.3 is 10.5 Å². The summed E-state index contributed by atoms with van der Waals surface area (Å²) in [6.07, 6.45) is 0. The van der Waals surface area contributed by atoms with Crippen LogP contribution in [0.2, 0.25) is 0 Å². The molecule has 0 unspecified atom stereocenters. The van der Waals surface area contributed by atoms with Gasteiger partial charge in [-0.15, -0.1) is 0 Å². The molecule has 0 spiro atoms. The summed E-state index contributed by atoms with van der Waals surface area (Å²) in [6, 6.07) is 5.20. The summed E-state index contributed by atoms with van der Waals surface area (Å²) in [5.41, 5.74) is 5.99. The summed E-state index contributed by atoms with van der Waals surface area (Å²) in [4.78, 5) is 2.31. The van der Waals surface area contributed by atoms with Crippen LogP contribution in [0.15, 0.2) is 18.2 Å². The Labute approximate surface area is 131 Å². The van der Waals surface area contributed by atoms with E-state index >= 15 is 0 Å². The van der Waals surface area contributed by atoms with Crippen molar-refractivity contribution in [1.29, 1.82) is 0 Å². The van der Waals surface area contributed by atoms with Crippen LogP contribution in [0, 0.1) is 5.82 Å². The minimum absolute atomic E-state index is 0.0944. The van der Waals surface area contributed by atoms with Crippen LogP contribution in [-0.2, 0) is 11.3 Å². The number of morpholine rings is 1. The summed E-state index contributed by atoms with van der Waals surface area (Å²) in [7, 11) is 0. The van der Waals surface area contributed by atoms with Crippen molar-refractivity contribution in [3.63, 3.8) is 0 Å². The zero-order valence-corrected chi connectivity index (χ0v) is 13.9. The first-order valence-electron chi connectivity index (χ1n) is 7.09. The van der Waals surface area contributed by atoms with Crippen LogP contribution >= 0.6 is 12.2 Å². The average molecular weight is 310 g/mol. The van der Waals surface area contributed by atoms with Crippen LogP contribution < -0.4 is 5.73 Å². The van der Waals surface area contributed by atoms with Crippen LogP contribution in [-0.4, -0.2) is 34.2 Å². The third kappa shape index (κ3) is 3.99. The van der Waals surface area contributed by atoms with Crippen molar-refractivity contribution in [2.75, 3.05) is 13.1 Å². The van der Waals surface area contributed by atoms with Crippen molar-refractivity contribution in [3.05, 3.63) is 35.1 Å². The summed E-state index contributed by atoms with van der Waals surface area (Å²) in [5, 5.41) is 0. The number of hydrogen-bond acceptors (Lipinski definition) is 3. The van der Waals surface area contributed by atoms with Gasteiger partial charge in [0.15, 0.2) is 0 Å². The molecule has 0 aromatic heterocycles. The van der Waals surface area contributed by atoms with E-state index in [9.17, 15) is 4.39 Å². The average Bonchev–Trinajstić information content (AvgIpc) is 2.27. The number of hydrogen-bond donors (Lipinski definition) is 1. The third-order valence-electron chi connectivity index (χ3n) is 3.50. The molecule has 2 rings (SSSR count). The monoisotopic (exact) mass is 310 g/mol. The standard InChI is InChI=1S/C16H23FN2OS/c1-15(2)9-19(10-16(3,4)20-15)8-11-6-5-7-12(13(11)17)14(18)21/h5-7H,8-10H2,1-4H3,(H2,18,21). The summed E-state index contributed by atoms with van der Waals surface area (Å²) < 4.78 is 20.5. The summed E-state index contributed by atoms with van der Waals surface area (Å²) >= 11 is 4.89. The molecular formula is C16H23FN2OS. The second kappa shape index (κ2) is 5.63. The fourth-order valence-electron chi connectivity index (χ4n) is 3.19. The van der Waals surface area contributed by atoms with Crippen LogP contribution in [0.5, 0.6) is 0 Å². The van der Waals surface area contributed by atoms with Gasteiger partial charge in [0, 0.05) is 30.8 Å². The largest absolute Gasteiger partial charge is 0.389 e. The Kier molecular flexibility index (Phi) is 4.38. The number of thiocarbonyl (C=S) groups is 1. The molecule has 1 aliphatic rings. The zero-order valence-electron chi connectivity index (χ0n) is 13.1. The van der Waals surface area contributed by atoms with E-state index in [1.54, 1.807) is 18.2 Å². The van der Waals surface area contributed by atoms with Crippen molar-refractivity contribution in [3.8, 4) is 0 Å². The predicted molar refractivity (Wildman–Crippen MR) is 86.8 cm³/mol. The highest BCUT2D eigenvalue weighted by Gasteiger charge is 2.38. The molecule has 0 bridgehead atoms. The van der Waals surface area contributed by atoms with Gasteiger partial charge in [0.25, 0.3) is 0 Å². The van der Waals surface area contributed by atoms with Gasteiger partial charge in [-0.2, -0.15) is 0 Å². The van der Waals surface area contributed by atoms with Gasteiger partial charge in [-0.05, 0) is 33.8 Å². The number of halogens is 1. The molecule has 0 aliphatic carbocycles. The molecule has 1 saturated heterocycles. The van der Waals surface area contributed by atoms with Gasteiger partial charge in [-0.25, -0.2) is 4.39 Å². The second-order valence-electron chi connectivity index (χ2n) is 6.91. The molecule has 3 nitrogen and oxygen atoms in total. The Morgan fingerprint density at radius 3 is 2.38 bits per heavy atom. The Balaban J connectivity index is 2.22. The van der Waals surface area contributed by atoms with E-state index in [1.165, 1.54) is 0 Å².